The van der Waals surface area contributed by atoms with Gasteiger partial charge >= 0.3 is 0 Å². The standard InChI is InChI=1S/C32H55N5O13S/c1-20(19-51-50-49-45)18-37(4,5)14-6-13-33-29(38)10-7-21(2)24-8-9-25-30(24)28(48-36(43)44)17-26-31(25)27(47-35(41)42)16-22-15-23(46-34(39)40)11-12-32(22,26)3/h20-28,30-31H,6-19H2,1-5H3,(H-,33,38,45)/p+1/t20?,21-,22+,23-,24?,25-,26+,27-,28+,30?,31+,32+/m1/s1. The summed E-state index contributed by atoms with van der Waals surface area (Å²) < 4.78 is 5.23. The van der Waals surface area contributed by atoms with Gasteiger partial charge in [-0.1, -0.05) is 25.8 Å². The van der Waals surface area contributed by atoms with Crippen molar-refractivity contribution < 1.29 is 53.7 Å². The zero-order valence-corrected chi connectivity index (χ0v) is 31.1. The predicted molar refractivity (Wildman–Crippen MR) is 181 cm³/mol. The molecule has 0 aromatic heterocycles. The monoisotopic (exact) mass is 750 g/mol. The molecular formula is C32H56N5O13S+. The molecule has 292 valence electrons. The second-order valence-electron chi connectivity index (χ2n) is 16.4. The Morgan fingerprint density at radius 3 is 2.29 bits per heavy atom. The Morgan fingerprint density at radius 1 is 0.980 bits per heavy atom. The summed E-state index contributed by atoms with van der Waals surface area (Å²) in [7, 11) is 4.26. The van der Waals surface area contributed by atoms with Crippen molar-refractivity contribution in [2.75, 3.05) is 39.5 Å². The SMILES string of the molecule is CC(CSOOO)C[N+](C)(C)CCCNC(=O)CC[C@@H](C)C1CC[C@@H]2C1[C@@H](O[N+](=O)[O-])C[C@H]1[C@H]2[C@H](O[N+](=O)[O-])C[C@@H]2C[C@H](O[N+](=O)[O-])CC[C@@]21C. The van der Waals surface area contributed by atoms with Crippen molar-refractivity contribution in [3.8, 4) is 0 Å². The first-order chi connectivity index (χ1) is 24.0. The van der Waals surface area contributed by atoms with E-state index >= 15 is 0 Å². The van der Waals surface area contributed by atoms with Crippen LogP contribution >= 0.6 is 12.0 Å². The lowest BCUT2D eigenvalue weighted by Crippen LogP contribution is -2.60. The minimum Gasteiger partial charge on any atom is -0.356 e. The molecule has 4 saturated carbocycles. The van der Waals surface area contributed by atoms with Crippen LogP contribution in [-0.2, 0) is 28.7 Å². The number of carbonyl (C=O) groups is 1. The number of hydrogen-bond donors (Lipinski definition) is 2. The molecule has 4 aliphatic rings. The molecule has 4 aliphatic carbocycles. The van der Waals surface area contributed by atoms with E-state index in [9.17, 15) is 35.1 Å². The molecule has 0 heterocycles. The number of nitrogens with zero attached hydrogens (tertiary/aromatic N) is 4. The van der Waals surface area contributed by atoms with Gasteiger partial charge in [0.15, 0.2) is 0 Å². The van der Waals surface area contributed by atoms with E-state index in [1.54, 1.807) is 0 Å². The maximum atomic E-state index is 12.9. The summed E-state index contributed by atoms with van der Waals surface area (Å²) in [6, 6.07) is 0. The van der Waals surface area contributed by atoms with Crippen molar-refractivity contribution in [1.29, 1.82) is 0 Å². The van der Waals surface area contributed by atoms with Crippen molar-refractivity contribution in [2.45, 2.75) is 103 Å². The molecule has 0 aromatic carbocycles. The first kappa shape index (κ1) is 41.0. The van der Waals surface area contributed by atoms with Gasteiger partial charge in [-0.2, -0.15) is 0 Å². The number of carbonyl (C=O) groups excluding carboxylic acids is 1. The van der Waals surface area contributed by atoms with Crippen LogP contribution in [0.25, 0.3) is 0 Å². The third-order valence-electron chi connectivity index (χ3n) is 12.7. The lowest BCUT2D eigenvalue weighted by atomic mass is 9.45. The maximum Gasteiger partial charge on any atom is 0.294 e. The second-order valence-corrected chi connectivity index (χ2v) is 17.1. The third-order valence-corrected chi connectivity index (χ3v) is 13.6. The molecule has 1 amide bonds. The zero-order chi connectivity index (χ0) is 37.5. The summed E-state index contributed by atoms with van der Waals surface area (Å²) in [5.41, 5.74) is -0.362. The highest BCUT2D eigenvalue weighted by Crippen LogP contribution is 2.65. The predicted octanol–water partition coefficient (Wildman–Crippen LogP) is 4.91. The van der Waals surface area contributed by atoms with Gasteiger partial charge in [0.2, 0.25) is 5.91 Å². The van der Waals surface area contributed by atoms with Gasteiger partial charge in [-0.25, -0.2) is 5.26 Å². The van der Waals surface area contributed by atoms with Crippen molar-refractivity contribution in [3.63, 3.8) is 0 Å². The van der Waals surface area contributed by atoms with Crippen LogP contribution in [0.1, 0.15) is 85.0 Å². The van der Waals surface area contributed by atoms with Gasteiger partial charge in [0.25, 0.3) is 15.3 Å². The van der Waals surface area contributed by atoms with Crippen LogP contribution in [0.2, 0.25) is 0 Å². The Hall–Kier alpha value is -2.74. The summed E-state index contributed by atoms with van der Waals surface area (Å²) in [6.07, 6.45) is 3.31. The van der Waals surface area contributed by atoms with E-state index in [1.165, 1.54) is 0 Å². The van der Waals surface area contributed by atoms with E-state index in [0.717, 1.165) is 48.9 Å². The molecule has 0 spiro atoms. The highest BCUT2D eigenvalue weighted by molar-refractivity contribution is 7.94. The minimum absolute atomic E-state index is 0.0345. The van der Waals surface area contributed by atoms with Crippen LogP contribution in [0.5, 0.6) is 0 Å². The quantitative estimate of drug-likeness (QED) is 0.0421. The van der Waals surface area contributed by atoms with Gasteiger partial charge in [0.1, 0.15) is 18.3 Å². The Balaban J connectivity index is 1.37. The number of quaternary nitrogens is 1. The molecule has 19 heteroatoms. The van der Waals surface area contributed by atoms with Gasteiger partial charge in [-0.3, -0.25) is 4.79 Å². The Labute approximate surface area is 302 Å². The molecule has 4 fully saturated rings. The van der Waals surface area contributed by atoms with E-state index in [4.69, 9.17) is 19.8 Å². The average molecular weight is 751 g/mol. The third kappa shape index (κ3) is 10.7. The molecule has 0 aliphatic heterocycles. The van der Waals surface area contributed by atoms with Gasteiger partial charge in [0, 0.05) is 43.1 Å². The summed E-state index contributed by atoms with van der Waals surface area (Å²) in [5.74, 6) is 0.199. The summed E-state index contributed by atoms with van der Waals surface area (Å²) in [6.45, 7) is 8.58. The van der Waals surface area contributed by atoms with Crippen LogP contribution in [0, 0.1) is 83.1 Å². The number of nitrogens with one attached hydrogen (secondary N) is 1. The van der Waals surface area contributed by atoms with Crippen LogP contribution in [0.3, 0.4) is 0 Å². The van der Waals surface area contributed by atoms with E-state index in [0.29, 0.717) is 63.2 Å². The fraction of sp³-hybridized carbons (Fsp3) is 0.969. The van der Waals surface area contributed by atoms with Crippen molar-refractivity contribution in [1.82, 2.24) is 5.32 Å². The Morgan fingerprint density at radius 2 is 1.65 bits per heavy atom. The summed E-state index contributed by atoms with van der Waals surface area (Å²) in [4.78, 5) is 63.3. The number of amides is 1. The van der Waals surface area contributed by atoms with Crippen LogP contribution in [-0.4, -0.2) is 88.7 Å². The second kappa shape index (κ2) is 17.9. The molecule has 3 unspecified atom stereocenters. The molecule has 0 saturated heterocycles. The van der Waals surface area contributed by atoms with Crippen molar-refractivity contribution in [2.24, 2.45) is 52.8 Å². The molecule has 18 nitrogen and oxygen atoms in total. The molecule has 51 heavy (non-hydrogen) atoms. The van der Waals surface area contributed by atoms with Gasteiger partial charge < -0.3 is 24.3 Å². The van der Waals surface area contributed by atoms with Crippen LogP contribution in [0.15, 0.2) is 0 Å². The Bertz CT molecular complexity index is 1220. The number of hydrogen-bond acceptors (Lipinski definition) is 14. The first-order valence-electron chi connectivity index (χ1n) is 18.2. The summed E-state index contributed by atoms with van der Waals surface area (Å²) >= 11 is 1.04. The Kier molecular flexibility index (Phi) is 14.4. The number of fused-ring (bicyclic) bond motifs is 5. The fourth-order valence-corrected chi connectivity index (χ4v) is 11.2. The lowest BCUT2D eigenvalue weighted by Gasteiger charge is -2.61. The van der Waals surface area contributed by atoms with E-state index < -0.39 is 33.6 Å². The molecule has 12 atom stereocenters. The van der Waals surface area contributed by atoms with Crippen LogP contribution in [0.4, 0.5) is 0 Å². The van der Waals surface area contributed by atoms with Gasteiger partial charge in [-0.05, 0) is 98.2 Å². The van der Waals surface area contributed by atoms with E-state index in [-0.39, 0.29) is 52.7 Å². The fourth-order valence-electron chi connectivity index (χ4n) is 10.7. The molecule has 2 N–H and O–H groups in total. The van der Waals surface area contributed by atoms with E-state index in [1.807, 2.05) is 0 Å². The molecule has 0 aromatic rings. The van der Waals surface area contributed by atoms with Gasteiger partial charge in [0.05, 0.1) is 27.2 Å². The molecule has 4 rings (SSSR count). The van der Waals surface area contributed by atoms with Crippen molar-refractivity contribution in [3.05, 3.63) is 30.3 Å². The molecular weight excluding hydrogens is 694 g/mol. The average Bonchev–Trinajstić information content (AvgIpc) is 3.48. The minimum atomic E-state index is -0.792. The number of rotatable bonds is 20. The summed E-state index contributed by atoms with van der Waals surface area (Å²) in [5, 5.41) is 47.4. The largest absolute Gasteiger partial charge is 0.356 e. The first-order valence-corrected chi connectivity index (χ1v) is 19.1. The topological polar surface area (TPSA) is 225 Å². The lowest BCUT2D eigenvalue weighted by molar-refractivity contribution is -0.893. The normalized spacial score (nSPS) is 34.2. The molecule has 0 bridgehead atoms. The van der Waals surface area contributed by atoms with Crippen molar-refractivity contribution >= 4 is 17.9 Å². The van der Waals surface area contributed by atoms with Gasteiger partial charge in [-0.15, -0.1) is 34.7 Å². The highest BCUT2D eigenvalue weighted by atomic mass is 32.2. The maximum absolute atomic E-state index is 12.9. The van der Waals surface area contributed by atoms with Crippen LogP contribution < -0.4 is 5.32 Å². The zero-order valence-electron chi connectivity index (χ0n) is 30.3. The highest BCUT2D eigenvalue weighted by Gasteiger charge is 2.63. The van der Waals surface area contributed by atoms with E-state index in [2.05, 4.69) is 49.6 Å². The smallest absolute Gasteiger partial charge is 0.294 e. The molecule has 0 radical (unpaired) electrons.